The number of thiazole rings is 1. The van der Waals surface area contributed by atoms with Crippen LogP contribution in [0.4, 0.5) is 5.13 Å². The maximum Gasteiger partial charge on any atom is 0.296 e. The minimum absolute atomic E-state index is 0.00897. The first kappa shape index (κ1) is 20.9. The van der Waals surface area contributed by atoms with E-state index in [1.165, 1.54) is 22.3 Å². The van der Waals surface area contributed by atoms with E-state index in [4.69, 9.17) is 21.3 Å². The third-order valence-electron chi connectivity index (χ3n) is 5.34. The summed E-state index contributed by atoms with van der Waals surface area (Å²) < 4.78 is 6.22. The fourth-order valence-electron chi connectivity index (χ4n) is 3.79. The minimum atomic E-state index is -0.970. The van der Waals surface area contributed by atoms with Gasteiger partial charge < -0.3 is 9.52 Å². The predicted molar refractivity (Wildman–Crippen MR) is 123 cm³/mol. The van der Waals surface area contributed by atoms with Crippen LogP contribution >= 0.6 is 22.9 Å². The van der Waals surface area contributed by atoms with Gasteiger partial charge >= 0.3 is 0 Å². The summed E-state index contributed by atoms with van der Waals surface area (Å²) in [6, 6.07) is 16.0. The molecule has 2 aromatic heterocycles. The zero-order valence-corrected chi connectivity index (χ0v) is 18.6. The number of furan rings is 1. The minimum Gasteiger partial charge on any atom is -0.503 e. The van der Waals surface area contributed by atoms with Gasteiger partial charge in [-0.05, 0) is 48.9 Å². The summed E-state index contributed by atoms with van der Waals surface area (Å²) in [4.78, 5) is 32.4. The van der Waals surface area contributed by atoms with Gasteiger partial charge in [-0.2, -0.15) is 5.26 Å². The van der Waals surface area contributed by atoms with E-state index in [0.29, 0.717) is 27.4 Å². The normalized spacial score (nSPS) is 16.0. The van der Waals surface area contributed by atoms with Crippen LogP contribution in [0.15, 0.2) is 70.3 Å². The molecule has 0 radical (unpaired) electrons. The van der Waals surface area contributed by atoms with Gasteiger partial charge in [-0.1, -0.05) is 41.1 Å². The molecule has 5 rings (SSSR count). The number of amides is 1. The molecular formula is C24H14ClN3O4S. The van der Waals surface area contributed by atoms with E-state index >= 15 is 0 Å². The molecule has 33 heavy (non-hydrogen) atoms. The Labute approximate surface area is 196 Å². The maximum absolute atomic E-state index is 13.3. The van der Waals surface area contributed by atoms with Crippen molar-refractivity contribution in [1.82, 2.24) is 4.98 Å². The van der Waals surface area contributed by atoms with Gasteiger partial charge in [0.05, 0.1) is 33.0 Å². The average Bonchev–Trinajstić information content (AvgIpc) is 3.51. The van der Waals surface area contributed by atoms with Crippen LogP contribution in [-0.2, 0) is 4.79 Å². The van der Waals surface area contributed by atoms with Crippen molar-refractivity contribution in [3.63, 3.8) is 0 Å². The fourth-order valence-corrected chi connectivity index (χ4v) is 5.08. The second-order valence-corrected chi connectivity index (χ2v) is 8.81. The molecule has 9 heteroatoms. The molecule has 162 valence electrons. The van der Waals surface area contributed by atoms with Crippen LogP contribution in [0.1, 0.15) is 33.5 Å². The first-order valence-electron chi connectivity index (χ1n) is 9.82. The fraction of sp³-hybridized carbons (Fsp3) is 0.0833. The Bertz CT molecular complexity index is 1510. The molecule has 0 bridgehead atoms. The molecule has 0 aliphatic carbocycles. The van der Waals surface area contributed by atoms with Gasteiger partial charge in [-0.15, -0.1) is 0 Å². The van der Waals surface area contributed by atoms with Crippen LogP contribution in [0.5, 0.6) is 0 Å². The van der Waals surface area contributed by atoms with Crippen molar-refractivity contribution in [2.75, 3.05) is 4.90 Å². The van der Waals surface area contributed by atoms with Crippen LogP contribution in [-0.4, -0.2) is 21.8 Å². The summed E-state index contributed by atoms with van der Waals surface area (Å²) in [6.07, 6.45) is 0. The standard InChI is InChI=1S/C24H14ClN3O4S/c1-12-5-10-16(32-12)21(29)18-20(14-8-6-13(11-26)7-9-14)28(23(31)22(18)30)24-27-19-15(25)3-2-4-17(19)33-24/h2-10,20,30H,1H3. The second-order valence-electron chi connectivity index (χ2n) is 7.40. The van der Waals surface area contributed by atoms with E-state index < -0.39 is 23.5 Å². The van der Waals surface area contributed by atoms with Gasteiger partial charge in [-0.25, -0.2) is 4.98 Å². The average molecular weight is 476 g/mol. The van der Waals surface area contributed by atoms with Crippen molar-refractivity contribution in [3.05, 3.63) is 93.6 Å². The van der Waals surface area contributed by atoms with Crippen molar-refractivity contribution < 1.29 is 19.1 Å². The lowest BCUT2D eigenvalue weighted by atomic mass is 9.94. The zero-order chi connectivity index (χ0) is 23.3. The molecule has 2 aromatic carbocycles. The number of aryl methyl sites for hydroxylation is 1. The smallest absolute Gasteiger partial charge is 0.296 e. The number of benzene rings is 2. The van der Waals surface area contributed by atoms with Gasteiger partial charge in [0.25, 0.3) is 5.91 Å². The first-order chi connectivity index (χ1) is 15.9. The molecule has 1 aliphatic rings. The number of nitrogens with zero attached hydrogens (tertiary/aromatic N) is 3. The van der Waals surface area contributed by atoms with E-state index in [1.807, 2.05) is 12.1 Å². The van der Waals surface area contributed by atoms with Gasteiger partial charge in [0.1, 0.15) is 11.3 Å². The highest BCUT2D eigenvalue weighted by molar-refractivity contribution is 7.22. The van der Waals surface area contributed by atoms with Crippen LogP contribution in [0, 0.1) is 18.3 Å². The van der Waals surface area contributed by atoms with Crippen molar-refractivity contribution in [2.45, 2.75) is 13.0 Å². The van der Waals surface area contributed by atoms with Crippen LogP contribution in [0.25, 0.3) is 10.2 Å². The molecule has 7 nitrogen and oxygen atoms in total. The highest BCUT2D eigenvalue weighted by Crippen LogP contribution is 2.44. The number of fused-ring (bicyclic) bond motifs is 1. The van der Waals surface area contributed by atoms with E-state index in [2.05, 4.69) is 4.98 Å². The third kappa shape index (κ3) is 3.39. The summed E-state index contributed by atoms with van der Waals surface area (Å²) in [5, 5.41) is 20.7. The summed E-state index contributed by atoms with van der Waals surface area (Å²) in [5.41, 5.74) is 1.35. The Morgan fingerprint density at radius 1 is 1.21 bits per heavy atom. The number of aliphatic hydroxyl groups is 1. The van der Waals surface area contributed by atoms with Gasteiger partial charge in [0.2, 0.25) is 5.78 Å². The van der Waals surface area contributed by atoms with Crippen molar-refractivity contribution in [2.24, 2.45) is 0 Å². The SMILES string of the molecule is Cc1ccc(C(=O)C2=C(O)C(=O)N(c3nc4c(Cl)cccc4s3)C2c2ccc(C#N)cc2)o1. The molecule has 1 unspecified atom stereocenters. The number of para-hydroxylation sites is 1. The maximum atomic E-state index is 13.3. The molecule has 0 saturated heterocycles. The molecule has 3 heterocycles. The largest absolute Gasteiger partial charge is 0.503 e. The lowest BCUT2D eigenvalue weighted by molar-refractivity contribution is -0.117. The first-order valence-corrected chi connectivity index (χ1v) is 11.0. The number of rotatable bonds is 4. The summed E-state index contributed by atoms with van der Waals surface area (Å²) in [7, 11) is 0. The Balaban J connectivity index is 1.69. The lowest BCUT2D eigenvalue weighted by Crippen LogP contribution is -2.30. The number of ketones is 1. The van der Waals surface area contributed by atoms with E-state index in [0.717, 1.165) is 4.70 Å². The number of nitriles is 1. The topological polar surface area (TPSA) is 107 Å². The lowest BCUT2D eigenvalue weighted by Gasteiger charge is -2.24. The number of aromatic nitrogens is 1. The number of carbonyl (C=O) groups excluding carboxylic acids is 2. The molecule has 4 aromatic rings. The number of anilines is 1. The van der Waals surface area contributed by atoms with Gasteiger partial charge in [0, 0.05) is 0 Å². The summed E-state index contributed by atoms with van der Waals surface area (Å²) in [6.45, 7) is 1.69. The second kappa shape index (κ2) is 7.89. The molecule has 1 atom stereocenters. The molecular weight excluding hydrogens is 462 g/mol. The van der Waals surface area contributed by atoms with Gasteiger partial charge in [-0.3, -0.25) is 14.5 Å². The number of aliphatic hydroxyl groups excluding tert-OH is 1. The van der Waals surface area contributed by atoms with Crippen LogP contribution < -0.4 is 4.90 Å². The van der Waals surface area contributed by atoms with Crippen molar-refractivity contribution in [3.8, 4) is 6.07 Å². The summed E-state index contributed by atoms with van der Waals surface area (Å²) in [5.74, 6) is -1.50. The third-order valence-corrected chi connectivity index (χ3v) is 6.66. The Morgan fingerprint density at radius 3 is 2.61 bits per heavy atom. The van der Waals surface area contributed by atoms with E-state index in [1.54, 1.807) is 49.4 Å². The Kier molecular flexibility index (Phi) is 5.01. The molecule has 0 spiro atoms. The van der Waals surface area contributed by atoms with Crippen LogP contribution in [0.3, 0.4) is 0 Å². The predicted octanol–water partition coefficient (Wildman–Crippen LogP) is 5.51. The highest BCUT2D eigenvalue weighted by atomic mass is 35.5. The highest BCUT2D eigenvalue weighted by Gasteiger charge is 2.46. The number of hydrogen-bond donors (Lipinski definition) is 1. The monoisotopic (exact) mass is 475 g/mol. The number of hydrogen-bond acceptors (Lipinski definition) is 7. The Hall–Kier alpha value is -3.93. The zero-order valence-electron chi connectivity index (χ0n) is 17.1. The molecule has 0 saturated carbocycles. The van der Waals surface area contributed by atoms with Crippen LogP contribution in [0.2, 0.25) is 5.02 Å². The Morgan fingerprint density at radius 2 is 1.97 bits per heavy atom. The number of Topliss-reactive ketones (excluding diaryl/α,β-unsaturated/α-hetero) is 1. The summed E-state index contributed by atoms with van der Waals surface area (Å²) >= 11 is 7.49. The number of carbonyl (C=O) groups is 2. The van der Waals surface area contributed by atoms with E-state index in [-0.39, 0.29) is 16.5 Å². The van der Waals surface area contributed by atoms with Gasteiger partial charge in [0.15, 0.2) is 16.7 Å². The van der Waals surface area contributed by atoms with Crippen molar-refractivity contribution in [1.29, 1.82) is 5.26 Å². The molecule has 1 aliphatic heterocycles. The quantitative estimate of drug-likeness (QED) is 0.390. The van der Waals surface area contributed by atoms with Crippen molar-refractivity contribution >= 4 is 50.0 Å². The molecule has 1 amide bonds. The molecule has 0 fully saturated rings. The molecule has 1 N–H and O–H groups in total. The number of halogens is 1. The van der Waals surface area contributed by atoms with E-state index in [9.17, 15) is 14.7 Å².